The average Bonchev–Trinajstić information content (AvgIpc) is 3.07. The van der Waals surface area contributed by atoms with Gasteiger partial charge in [0, 0.05) is 32.5 Å². The molecule has 0 saturated carbocycles. The lowest BCUT2D eigenvalue weighted by molar-refractivity contribution is -0.115. The van der Waals surface area contributed by atoms with E-state index in [4.69, 9.17) is 16.3 Å². The van der Waals surface area contributed by atoms with Crippen LogP contribution in [0.1, 0.15) is 12.7 Å². The number of hydrogen-bond acceptors (Lipinski definition) is 6. The van der Waals surface area contributed by atoms with Gasteiger partial charge in [0.2, 0.25) is 5.91 Å². The van der Waals surface area contributed by atoms with Crippen LogP contribution >= 0.6 is 23.4 Å². The number of anilines is 2. The zero-order chi connectivity index (χ0) is 21.7. The molecular formula is C21H24ClN5O2S. The fourth-order valence-electron chi connectivity index (χ4n) is 2.58. The Morgan fingerprint density at radius 2 is 1.90 bits per heavy atom. The molecule has 3 aromatic rings. The maximum atomic E-state index is 12.6. The second-order valence-electron chi connectivity index (χ2n) is 6.87. The van der Waals surface area contributed by atoms with E-state index in [2.05, 4.69) is 15.5 Å². The van der Waals surface area contributed by atoms with E-state index >= 15 is 0 Å². The van der Waals surface area contributed by atoms with Gasteiger partial charge in [0.15, 0.2) is 11.0 Å². The highest BCUT2D eigenvalue weighted by Crippen LogP contribution is 2.26. The highest BCUT2D eigenvalue weighted by Gasteiger charge is 2.19. The third kappa shape index (κ3) is 5.46. The molecule has 1 aromatic heterocycles. The van der Waals surface area contributed by atoms with E-state index in [0.29, 0.717) is 21.8 Å². The number of carbonyl (C=O) groups excluding carboxylic acids is 1. The van der Waals surface area contributed by atoms with Crippen LogP contribution in [0.5, 0.6) is 5.75 Å². The Balaban J connectivity index is 1.57. The Morgan fingerprint density at radius 3 is 2.57 bits per heavy atom. The number of rotatable bonds is 8. The van der Waals surface area contributed by atoms with Crippen molar-refractivity contribution in [1.29, 1.82) is 0 Å². The summed E-state index contributed by atoms with van der Waals surface area (Å²) in [5, 5.41) is 12.1. The topological polar surface area (TPSA) is 72.3 Å². The molecule has 0 aliphatic heterocycles. The monoisotopic (exact) mass is 445 g/mol. The first-order chi connectivity index (χ1) is 14.3. The number of amides is 1. The van der Waals surface area contributed by atoms with Gasteiger partial charge in [-0.2, -0.15) is 0 Å². The molecule has 7 nitrogen and oxygen atoms in total. The molecule has 1 unspecified atom stereocenters. The van der Waals surface area contributed by atoms with Crippen LogP contribution in [-0.2, 0) is 18.4 Å². The molecule has 158 valence electrons. The fraction of sp³-hybridized carbons (Fsp3) is 0.286. The van der Waals surface area contributed by atoms with E-state index in [9.17, 15) is 4.79 Å². The van der Waals surface area contributed by atoms with Gasteiger partial charge < -0.3 is 19.5 Å². The number of benzene rings is 2. The van der Waals surface area contributed by atoms with E-state index in [1.54, 1.807) is 12.1 Å². The Labute approximate surface area is 185 Å². The number of nitrogens with one attached hydrogen (secondary N) is 1. The van der Waals surface area contributed by atoms with Gasteiger partial charge in [-0.1, -0.05) is 35.5 Å². The number of aromatic nitrogens is 3. The molecule has 1 atom stereocenters. The first kappa shape index (κ1) is 22.0. The van der Waals surface area contributed by atoms with Gasteiger partial charge >= 0.3 is 0 Å². The van der Waals surface area contributed by atoms with Gasteiger partial charge in [-0.25, -0.2) is 0 Å². The number of ether oxygens (including phenoxy) is 1. The molecule has 0 bridgehead atoms. The Kier molecular flexibility index (Phi) is 7.23. The molecule has 1 heterocycles. The molecule has 0 aliphatic rings. The van der Waals surface area contributed by atoms with E-state index in [-0.39, 0.29) is 17.8 Å². The van der Waals surface area contributed by atoms with Crippen molar-refractivity contribution in [3.05, 3.63) is 59.4 Å². The summed E-state index contributed by atoms with van der Waals surface area (Å²) in [5.74, 6) is 1.13. The largest absolute Gasteiger partial charge is 0.484 e. The van der Waals surface area contributed by atoms with E-state index in [1.807, 2.05) is 73.9 Å². The summed E-state index contributed by atoms with van der Waals surface area (Å²) >= 11 is 7.45. The predicted octanol–water partition coefficient (Wildman–Crippen LogP) is 4.23. The van der Waals surface area contributed by atoms with Crippen LogP contribution in [-0.4, -0.2) is 40.0 Å². The number of carbonyl (C=O) groups is 1. The van der Waals surface area contributed by atoms with Crippen LogP contribution in [0, 0.1) is 0 Å². The van der Waals surface area contributed by atoms with Gasteiger partial charge in [-0.3, -0.25) is 4.79 Å². The molecule has 0 radical (unpaired) electrons. The van der Waals surface area contributed by atoms with Crippen molar-refractivity contribution in [2.24, 2.45) is 7.05 Å². The Morgan fingerprint density at radius 1 is 1.20 bits per heavy atom. The molecule has 0 saturated heterocycles. The van der Waals surface area contributed by atoms with Crippen molar-refractivity contribution in [3.8, 4) is 5.75 Å². The molecule has 2 aromatic carbocycles. The van der Waals surface area contributed by atoms with Crippen LogP contribution in [0.2, 0.25) is 5.02 Å². The van der Waals surface area contributed by atoms with Crippen molar-refractivity contribution < 1.29 is 9.53 Å². The van der Waals surface area contributed by atoms with Crippen molar-refractivity contribution in [3.63, 3.8) is 0 Å². The van der Waals surface area contributed by atoms with Crippen molar-refractivity contribution in [2.75, 3.05) is 24.3 Å². The molecule has 30 heavy (non-hydrogen) atoms. The highest BCUT2D eigenvalue weighted by atomic mass is 35.5. The maximum absolute atomic E-state index is 12.6. The van der Waals surface area contributed by atoms with Gasteiger partial charge in [0.25, 0.3) is 0 Å². The number of thioether (sulfide) groups is 1. The average molecular weight is 446 g/mol. The first-order valence-electron chi connectivity index (χ1n) is 9.35. The van der Waals surface area contributed by atoms with Crippen molar-refractivity contribution in [1.82, 2.24) is 14.8 Å². The first-order valence-corrected chi connectivity index (χ1v) is 10.6. The number of nitrogens with zero attached hydrogens (tertiary/aromatic N) is 4. The van der Waals surface area contributed by atoms with Gasteiger partial charge in [-0.05, 0) is 43.3 Å². The zero-order valence-electron chi connectivity index (χ0n) is 17.3. The highest BCUT2D eigenvalue weighted by molar-refractivity contribution is 8.00. The lowest BCUT2D eigenvalue weighted by Crippen LogP contribution is -2.23. The summed E-state index contributed by atoms with van der Waals surface area (Å²) < 4.78 is 7.54. The van der Waals surface area contributed by atoms with E-state index in [1.165, 1.54) is 11.8 Å². The molecule has 3 rings (SSSR count). The second kappa shape index (κ2) is 9.86. The van der Waals surface area contributed by atoms with Crippen LogP contribution in [0.25, 0.3) is 0 Å². The normalized spacial score (nSPS) is 11.8. The minimum absolute atomic E-state index is 0.102. The third-order valence-corrected chi connectivity index (χ3v) is 5.87. The van der Waals surface area contributed by atoms with Crippen LogP contribution in [0.4, 0.5) is 11.4 Å². The minimum atomic E-state index is -0.348. The number of para-hydroxylation sites is 1. The van der Waals surface area contributed by atoms with E-state index in [0.717, 1.165) is 11.4 Å². The molecule has 1 N–H and O–H groups in total. The van der Waals surface area contributed by atoms with Crippen LogP contribution in [0.3, 0.4) is 0 Å². The second-order valence-corrected chi connectivity index (χ2v) is 8.58. The lowest BCUT2D eigenvalue weighted by atomic mass is 10.2. The maximum Gasteiger partial charge on any atom is 0.237 e. The Hall–Kier alpha value is -2.71. The summed E-state index contributed by atoms with van der Waals surface area (Å²) in [6.45, 7) is 2.06. The van der Waals surface area contributed by atoms with Gasteiger partial charge in [-0.15, -0.1) is 10.2 Å². The minimum Gasteiger partial charge on any atom is -0.484 e. The molecule has 0 spiro atoms. The SMILES string of the molecule is CC(Sc1nnc(COc2ccccc2Cl)n1C)C(=O)Nc1ccc(N(C)C)cc1. The third-order valence-electron chi connectivity index (χ3n) is 4.42. The summed E-state index contributed by atoms with van der Waals surface area (Å²) in [7, 11) is 5.79. The fourth-order valence-corrected chi connectivity index (χ4v) is 3.60. The summed E-state index contributed by atoms with van der Waals surface area (Å²) in [6, 6.07) is 15.0. The molecule has 0 fully saturated rings. The number of halogens is 1. The molecule has 1 amide bonds. The van der Waals surface area contributed by atoms with Crippen molar-refractivity contribution >= 4 is 40.6 Å². The lowest BCUT2D eigenvalue weighted by Gasteiger charge is -2.14. The standard InChI is InChI=1S/C21H24ClN5O2S/c1-14(20(28)23-15-9-11-16(12-10-15)26(2)3)30-21-25-24-19(27(21)4)13-29-18-8-6-5-7-17(18)22/h5-12,14H,13H2,1-4H3,(H,23,28). The zero-order valence-corrected chi connectivity index (χ0v) is 18.9. The van der Waals surface area contributed by atoms with Gasteiger partial charge in [0.05, 0.1) is 10.3 Å². The summed E-state index contributed by atoms with van der Waals surface area (Å²) in [6.07, 6.45) is 0. The molecule has 0 aliphatic carbocycles. The molecular weight excluding hydrogens is 422 g/mol. The summed E-state index contributed by atoms with van der Waals surface area (Å²) in [5.41, 5.74) is 1.82. The Bertz CT molecular complexity index is 1010. The van der Waals surface area contributed by atoms with Crippen LogP contribution in [0.15, 0.2) is 53.7 Å². The van der Waals surface area contributed by atoms with E-state index < -0.39 is 0 Å². The van der Waals surface area contributed by atoms with Gasteiger partial charge in [0.1, 0.15) is 12.4 Å². The molecule has 9 heteroatoms. The summed E-state index contributed by atoms with van der Waals surface area (Å²) in [4.78, 5) is 14.6. The quantitative estimate of drug-likeness (QED) is 0.523. The number of hydrogen-bond donors (Lipinski definition) is 1. The smallest absolute Gasteiger partial charge is 0.237 e. The van der Waals surface area contributed by atoms with Crippen LogP contribution < -0.4 is 15.0 Å². The predicted molar refractivity (Wildman–Crippen MR) is 122 cm³/mol. The van der Waals surface area contributed by atoms with Crippen molar-refractivity contribution in [2.45, 2.75) is 23.9 Å².